The second-order valence-electron chi connectivity index (χ2n) is 7.96. The predicted octanol–water partition coefficient (Wildman–Crippen LogP) is 2.79. The first-order chi connectivity index (χ1) is 8.72. The molecule has 2 N–H and O–H groups in total. The van der Waals surface area contributed by atoms with Crippen LogP contribution < -0.4 is 5.73 Å². The molecule has 3 heteroatoms. The van der Waals surface area contributed by atoms with E-state index in [1.165, 1.54) is 6.42 Å². The number of amides is 1. The number of nitrogens with two attached hydrogens (primary N) is 1. The molecule has 1 aliphatic carbocycles. The zero-order valence-corrected chi connectivity index (χ0v) is 13.0. The van der Waals surface area contributed by atoms with Gasteiger partial charge >= 0.3 is 0 Å². The van der Waals surface area contributed by atoms with E-state index in [2.05, 4.69) is 27.7 Å². The van der Waals surface area contributed by atoms with Crippen molar-refractivity contribution >= 4 is 5.91 Å². The van der Waals surface area contributed by atoms with Crippen molar-refractivity contribution in [1.29, 1.82) is 0 Å². The Hall–Kier alpha value is -0.570. The number of nitrogens with zero attached hydrogens (tertiary/aromatic N) is 1. The second-order valence-corrected chi connectivity index (χ2v) is 7.96. The zero-order chi connectivity index (χ0) is 14.3. The number of carbonyl (C=O) groups is 1. The highest BCUT2D eigenvalue weighted by Gasteiger charge is 2.43. The van der Waals surface area contributed by atoms with E-state index in [9.17, 15) is 4.79 Å². The average molecular weight is 266 g/mol. The molecule has 1 aliphatic heterocycles. The molecule has 2 rings (SSSR count). The molecule has 19 heavy (non-hydrogen) atoms. The van der Waals surface area contributed by atoms with E-state index in [1.54, 1.807) is 0 Å². The summed E-state index contributed by atoms with van der Waals surface area (Å²) in [6, 6.07) is 0. The standard InChI is InChI=1S/C16H30N2O/c1-12-6-5-8-16(17,10-12)14(19)18-9-7-13(11-18)15(2,3)4/h12-13H,5-11,17H2,1-4H3. The van der Waals surface area contributed by atoms with Crippen molar-refractivity contribution < 1.29 is 4.79 Å². The molecule has 0 aromatic rings. The Kier molecular flexibility index (Phi) is 3.97. The highest BCUT2D eigenvalue weighted by molar-refractivity contribution is 5.86. The Bertz CT molecular complexity index is 347. The summed E-state index contributed by atoms with van der Waals surface area (Å²) in [6.45, 7) is 10.8. The van der Waals surface area contributed by atoms with Crippen molar-refractivity contribution in [2.45, 2.75) is 65.3 Å². The summed E-state index contributed by atoms with van der Waals surface area (Å²) in [7, 11) is 0. The molecule has 1 saturated heterocycles. The van der Waals surface area contributed by atoms with Gasteiger partial charge in [-0.1, -0.05) is 40.5 Å². The molecular weight excluding hydrogens is 236 g/mol. The van der Waals surface area contributed by atoms with E-state index >= 15 is 0 Å². The first-order valence-corrected chi connectivity index (χ1v) is 7.80. The smallest absolute Gasteiger partial charge is 0.242 e. The van der Waals surface area contributed by atoms with E-state index in [-0.39, 0.29) is 11.3 Å². The lowest BCUT2D eigenvalue weighted by Gasteiger charge is -2.38. The molecule has 0 radical (unpaired) electrons. The van der Waals surface area contributed by atoms with Gasteiger partial charge in [0, 0.05) is 13.1 Å². The molecule has 2 aliphatic rings. The topological polar surface area (TPSA) is 46.3 Å². The fourth-order valence-corrected chi connectivity index (χ4v) is 3.75. The third kappa shape index (κ3) is 3.13. The quantitative estimate of drug-likeness (QED) is 0.793. The summed E-state index contributed by atoms with van der Waals surface area (Å²) >= 11 is 0. The maximum Gasteiger partial charge on any atom is 0.242 e. The van der Waals surface area contributed by atoms with Crippen molar-refractivity contribution in [1.82, 2.24) is 4.90 Å². The van der Waals surface area contributed by atoms with Gasteiger partial charge in [-0.05, 0) is 36.5 Å². The first kappa shape index (κ1) is 14.8. The van der Waals surface area contributed by atoms with E-state index in [0.717, 1.165) is 38.8 Å². The summed E-state index contributed by atoms with van der Waals surface area (Å²) in [6.07, 6.45) is 5.17. The van der Waals surface area contributed by atoms with Crippen LogP contribution in [0.15, 0.2) is 0 Å². The van der Waals surface area contributed by atoms with Crippen LogP contribution in [0.4, 0.5) is 0 Å². The van der Waals surface area contributed by atoms with Crippen LogP contribution in [0.25, 0.3) is 0 Å². The minimum Gasteiger partial charge on any atom is -0.341 e. The van der Waals surface area contributed by atoms with Crippen LogP contribution in [-0.4, -0.2) is 29.4 Å². The summed E-state index contributed by atoms with van der Waals surface area (Å²) in [5.74, 6) is 1.41. The maximum absolute atomic E-state index is 12.7. The van der Waals surface area contributed by atoms with Gasteiger partial charge in [-0.15, -0.1) is 0 Å². The van der Waals surface area contributed by atoms with Crippen LogP contribution in [0.5, 0.6) is 0 Å². The number of hydrogen-bond acceptors (Lipinski definition) is 2. The van der Waals surface area contributed by atoms with E-state index in [0.29, 0.717) is 11.8 Å². The summed E-state index contributed by atoms with van der Waals surface area (Å²) in [4.78, 5) is 14.8. The van der Waals surface area contributed by atoms with Crippen molar-refractivity contribution in [3.63, 3.8) is 0 Å². The van der Waals surface area contributed by atoms with Gasteiger partial charge in [-0.3, -0.25) is 4.79 Å². The largest absolute Gasteiger partial charge is 0.341 e. The normalized spacial score (nSPS) is 36.6. The van der Waals surface area contributed by atoms with Gasteiger partial charge in [-0.2, -0.15) is 0 Å². The first-order valence-electron chi connectivity index (χ1n) is 7.80. The highest BCUT2D eigenvalue weighted by atomic mass is 16.2. The SMILES string of the molecule is CC1CCCC(N)(C(=O)N2CCC(C(C)(C)C)C2)C1. The van der Waals surface area contributed by atoms with Crippen LogP contribution >= 0.6 is 0 Å². The number of likely N-dealkylation sites (tertiary alicyclic amines) is 1. The lowest BCUT2D eigenvalue weighted by atomic mass is 9.76. The molecule has 110 valence electrons. The van der Waals surface area contributed by atoms with Crippen molar-refractivity contribution in [2.75, 3.05) is 13.1 Å². The van der Waals surface area contributed by atoms with E-state index in [4.69, 9.17) is 5.73 Å². The Morgan fingerprint density at radius 3 is 2.53 bits per heavy atom. The highest BCUT2D eigenvalue weighted by Crippen LogP contribution is 2.37. The molecule has 3 nitrogen and oxygen atoms in total. The molecule has 0 aromatic heterocycles. The molecule has 3 unspecified atom stereocenters. The summed E-state index contributed by atoms with van der Waals surface area (Å²) in [5, 5.41) is 0. The van der Waals surface area contributed by atoms with Gasteiger partial charge in [-0.25, -0.2) is 0 Å². The van der Waals surface area contributed by atoms with Gasteiger partial charge < -0.3 is 10.6 Å². The number of hydrogen-bond donors (Lipinski definition) is 1. The molecule has 0 spiro atoms. The molecule has 3 atom stereocenters. The second kappa shape index (κ2) is 5.08. The predicted molar refractivity (Wildman–Crippen MR) is 78.7 cm³/mol. The number of rotatable bonds is 1. The van der Waals surface area contributed by atoms with Gasteiger partial charge in [0.1, 0.15) is 0 Å². The van der Waals surface area contributed by atoms with Crippen LogP contribution in [0, 0.1) is 17.3 Å². The van der Waals surface area contributed by atoms with Crippen LogP contribution in [0.3, 0.4) is 0 Å². The fourth-order valence-electron chi connectivity index (χ4n) is 3.75. The van der Waals surface area contributed by atoms with Gasteiger partial charge in [0.05, 0.1) is 5.54 Å². The zero-order valence-electron chi connectivity index (χ0n) is 13.0. The Labute approximate surface area is 117 Å². The Balaban J connectivity index is 2.01. The molecule has 0 aromatic carbocycles. The Morgan fingerprint density at radius 1 is 1.32 bits per heavy atom. The molecular formula is C16H30N2O. The van der Waals surface area contributed by atoms with Crippen LogP contribution in [0.2, 0.25) is 0 Å². The summed E-state index contributed by atoms with van der Waals surface area (Å²) < 4.78 is 0. The van der Waals surface area contributed by atoms with Crippen LogP contribution in [-0.2, 0) is 4.79 Å². The number of carbonyl (C=O) groups excluding carboxylic acids is 1. The minimum atomic E-state index is -0.579. The third-order valence-corrected chi connectivity index (χ3v) is 5.16. The van der Waals surface area contributed by atoms with Crippen molar-refractivity contribution in [3.8, 4) is 0 Å². The maximum atomic E-state index is 12.7. The van der Waals surface area contributed by atoms with Crippen LogP contribution in [0.1, 0.15) is 59.8 Å². The van der Waals surface area contributed by atoms with Gasteiger partial charge in [0.15, 0.2) is 0 Å². The molecule has 1 amide bonds. The van der Waals surface area contributed by atoms with Gasteiger partial charge in [0.2, 0.25) is 5.91 Å². The molecule has 2 fully saturated rings. The molecule has 1 heterocycles. The fraction of sp³-hybridized carbons (Fsp3) is 0.938. The Morgan fingerprint density at radius 2 is 2.00 bits per heavy atom. The minimum absolute atomic E-state index is 0.214. The van der Waals surface area contributed by atoms with Gasteiger partial charge in [0.25, 0.3) is 0 Å². The van der Waals surface area contributed by atoms with Crippen molar-refractivity contribution in [2.24, 2.45) is 23.0 Å². The lowest BCUT2D eigenvalue weighted by molar-refractivity contribution is -0.138. The van der Waals surface area contributed by atoms with E-state index in [1.807, 2.05) is 4.90 Å². The molecule has 1 saturated carbocycles. The summed E-state index contributed by atoms with van der Waals surface area (Å²) in [5.41, 5.74) is 6.15. The molecule has 0 bridgehead atoms. The van der Waals surface area contributed by atoms with E-state index < -0.39 is 5.54 Å². The third-order valence-electron chi connectivity index (χ3n) is 5.16. The van der Waals surface area contributed by atoms with Crippen molar-refractivity contribution in [3.05, 3.63) is 0 Å². The lowest BCUT2D eigenvalue weighted by Crippen LogP contribution is -2.57. The monoisotopic (exact) mass is 266 g/mol. The average Bonchev–Trinajstić information content (AvgIpc) is 2.76.